The van der Waals surface area contributed by atoms with Gasteiger partial charge in [0, 0.05) is 0 Å². The highest BCUT2D eigenvalue weighted by Gasteiger charge is 2.19. The Balaban J connectivity index is 1.05. The van der Waals surface area contributed by atoms with Crippen molar-refractivity contribution in [1.82, 2.24) is 0 Å². The van der Waals surface area contributed by atoms with Gasteiger partial charge >= 0.3 is 0 Å². The molecule has 0 aliphatic rings. The summed E-state index contributed by atoms with van der Waals surface area (Å²) in [5, 5.41) is 12.7. The van der Waals surface area contributed by atoms with Crippen LogP contribution in [0.3, 0.4) is 0 Å². The molecular weight excluding hydrogens is 673 g/mol. The zero-order valence-corrected chi connectivity index (χ0v) is 30.8. The normalized spacial score (nSPS) is 11.6. The number of benzene rings is 11. The van der Waals surface area contributed by atoms with Crippen molar-refractivity contribution in [2.24, 2.45) is 0 Å². The quantitative estimate of drug-likeness (QED) is 0.123. The van der Waals surface area contributed by atoms with Crippen LogP contribution in [0.2, 0.25) is 0 Å². The zero-order valence-electron chi connectivity index (χ0n) is 30.8. The highest BCUT2D eigenvalue weighted by Crippen LogP contribution is 2.47. The smallest absolute Gasteiger partial charge is 0.00199 e. The predicted molar refractivity (Wildman–Crippen MR) is 241 cm³/mol. The van der Waals surface area contributed by atoms with Gasteiger partial charge in [-0.05, 0) is 140 Å². The largest absolute Gasteiger partial charge is 0.0616 e. The minimum atomic E-state index is 1.20. The lowest BCUT2D eigenvalue weighted by Gasteiger charge is -2.20. The van der Waals surface area contributed by atoms with Crippen molar-refractivity contribution in [3.8, 4) is 55.6 Å². The highest BCUT2D eigenvalue weighted by atomic mass is 14.2. The molecule has 0 fully saturated rings. The van der Waals surface area contributed by atoms with Gasteiger partial charge in [-0.15, -0.1) is 0 Å². The second-order valence-corrected chi connectivity index (χ2v) is 14.8. The Labute approximate surface area is 326 Å². The average Bonchev–Trinajstić information content (AvgIpc) is 3.28. The number of hydrogen-bond donors (Lipinski definition) is 0. The van der Waals surface area contributed by atoms with E-state index >= 15 is 0 Å². The molecule has 0 radical (unpaired) electrons. The molecule has 0 saturated carbocycles. The van der Waals surface area contributed by atoms with Crippen molar-refractivity contribution in [2.45, 2.75) is 0 Å². The third kappa shape index (κ3) is 5.38. The first-order chi connectivity index (χ1) is 27.8. The van der Waals surface area contributed by atoms with Gasteiger partial charge in [-0.2, -0.15) is 0 Å². The molecule has 0 nitrogen and oxygen atoms in total. The summed E-state index contributed by atoms with van der Waals surface area (Å²) in [6, 6.07) is 80.3. The Morgan fingerprint density at radius 2 is 0.571 bits per heavy atom. The molecule has 0 heterocycles. The highest BCUT2D eigenvalue weighted by molar-refractivity contribution is 6.25. The molecule has 260 valence electrons. The van der Waals surface area contributed by atoms with Crippen LogP contribution in [0.25, 0.3) is 109 Å². The van der Waals surface area contributed by atoms with E-state index in [0.717, 1.165) is 0 Å². The first-order valence-electron chi connectivity index (χ1n) is 19.4. The molecule has 0 atom stereocenters. The standard InChI is InChI=1S/C56H36/c1-2-15-38-32-44(31-30-37(38)14-1)42-20-12-18-40(34-42)39-17-11-19-41(33-39)43-21-13-22-46(35-43)55-50-26-7-9-28-52(50)56(53-29-10-8-27-51(53)55)54-36-45-16-3-4-23-47(45)48-24-5-6-25-49(48)54/h1-36H. The van der Waals surface area contributed by atoms with E-state index in [9.17, 15) is 0 Å². The van der Waals surface area contributed by atoms with E-state index in [1.807, 2.05) is 0 Å². The van der Waals surface area contributed by atoms with E-state index in [0.29, 0.717) is 0 Å². The third-order valence-corrected chi connectivity index (χ3v) is 11.6. The Hall–Kier alpha value is -7.28. The first kappa shape index (κ1) is 32.2. The minimum absolute atomic E-state index is 1.20. The summed E-state index contributed by atoms with van der Waals surface area (Å²) in [6.45, 7) is 0. The van der Waals surface area contributed by atoms with E-state index < -0.39 is 0 Å². The molecular formula is C56H36. The Kier molecular flexibility index (Phi) is 7.60. The molecule has 0 heteroatoms. The summed E-state index contributed by atoms with van der Waals surface area (Å²) in [4.78, 5) is 0. The van der Waals surface area contributed by atoms with Gasteiger partial charge in [-0.1, -0.05) is 188 Å². The molecule has 0 unspecified atom stereocenters. The van der Waals surface area contributed by atoms with Gasteiger partial charge in [0.15, 0.2) is 0 Å². The maximum absolute atomic E-state index is 2.40. The molecule has 0 aliphatic heterocycles. The van der Waals surface area contributed by atoms with Crippen LogP contribution in [0.4, 0.5) is 0 Å². The molecule has 11 aromatic carbocycles. The molecule has 0 aromatic heterocycles. The number of hydrogen-bond acceptors (Lipinski definition) is 0. The molecule has 0 bridgehead atoms. The molecule has 0 N–H and O–H groups in total. The summed E-state index contributed by atoms with van der Waals surface area (Å²) < 4.78 is 0. The van der Waals surface area contributed by atoms with Crippen LogP contribution < -0.4 is 0 Å². The van der Waals surface area contributed by atoms with Crippen molar-refractivity contribution >= 4 is 53.9 Å². The van der Waals surface area contributed by atoms with E-state index in [1.165, 1.54) is 109 Å². The van der Waals surface area contributed by atoms with Gasteiger partial charge in [0.1, 0.15) is 0 Å². The maximum Gasteiger partial charge on any atom is -0.00199 e. The van der Waals surface area contributed by atoms with Gasteiger partial charge < -0.3 is 0 Å². The number of rotatable bonds is 5. The van der Waals surface area contributed by atoms with Crippen molar-refractivity contribution in [3.05, 3.63) is 218 Å². The molecule has 11 aromatic rings. The van der Waals surface area contributed by atoms with Crippen LogP contribution in [-0.2, 0) is 0 Å². The summed E-state index contributed by atoms with van der Waals surface area (Å²) in [7, 11) is 0. The van der Waals surface area contributed by atoms with Crippen molar-refractivity contribution in [1.29, 1.82) is 0 Å². The van der Waals surface area contributed by atoms with Crippen molar-refractivity contribution in [3.63, 3.8) is 0 Å². The van der Waals surface area contributed by atoms with Crippen LogP contribution >= 0.6 is 0 Å². The molecule has 0 aliphatic carbocycles. The Bertz CT molecular complexity index is 3250. The third-order valence-electron chi connectivity index (χ3n) is 11.6. The maximum atomic E-state index is 2.40. The Morgan fingerprint density at radius 1 is 0.179 bits per heavy atom. The molecule has 11 rings (SSSR count). The van der Waals surface area contributed by atoms with Crippen LogP contribution in [0.15, 0.2) is 218 Å². The average molecular weight is 709 g/mol. The van der Waals surface area contributed by atoms with Crippen LogP contribution in [0, 0.1) is 0 Å². The van der Waals surface area contributed by atoms with E-state index in [-0.39, 0.29) is 0 Å². The van der Waals surface area contributed by atoms with Gasteiger partial charge in [-0.3, -0.25) is 0 Å². The summed E-state index contributed by atoms with van der Waals surface area (Å²) in [5.41, 5.74) is 12.3. The van der Waals surface area contributed by atoms with Crippen molar-refractivity contribution < 1.29 is 0 Å². The molecule has 0 amide bonds. The van der Waals surface area contributed by atoms with E-state index in [1.54, 1.807) is 0 Å². The fourth-order valence-electron chi connectivity index (χ4n) is 8.97. The fourth-order valence-corrected chi connectivity index (χ4v) is 8.97. The molecule has 0 spiro atoms. The van der Waals surface area contributed by atoms with Crippen molar-refractivity contribution in [2.75, 3.05) is 0 Å². The molecule has 0 saturated heterocycles. The summed E-state index contributed by atoms with van der Waals surface area (Å²) in [5.74, 6) is 0. The molecule has 56 heavy (non-hydrogen) atoms. The lowest BCUT2D eigenvalue weighted by molar-refractivity contribution is 1.58. The summed E-state index contributed by atoms with van der Waals surface area (Å²) >= 11 is 0. The summed E-state index contributed by atoms with van der Waals surface area (Å²) in [6.07, 6.45) is 0. The van der Waals surface area contributed by atoms with Gasteiger partial charge in [0.05, 0.1) is 0 Å². The number of fused-ring (bicyclic) bond motifs is 6. The topological polar surface area (TPSA) is 0 Å². The van der Waals surface area contributed by atoms with E-state index in [4.69, 9.17) is 0 Å². The lowest BCUT2D eigenvalue weighted by atomic mass is 9.83. The second kappa shape index (κ2) is 13.2. The van der Waals surface area contributed by atoms with Crippen LogP contribution in [-0.4, -0.2) is 0 Å². The second-order valence-electron chi connectivity index (χ2n) is 14.8. The zero-order chi connectivity index (χ0) is 37.0. The Morgan fingerprint density at radius 3 is 1.14 bits per heavy atom. The van der Waals surface area contributed by atoms with E-state index in [2.05, 4.69) is 218 Å². The predicted octanol–water partition coefficient (Wildman–Crippen LogP) is 15.8. The van der Waals surface area contributed by atoms with Gasteiger partial charge in [-0.25, -0.2) is 0 Å². The monoisotopic (exact) mass is 708 g/mol. The van der Waals surface area contributed by atoms with Gasteiger partial charge in [0.2, 0.25) is 0 Å². The van der Waals surface area contributed by atoms with Crippen LogP contribution in [0.5, 0.6) is 0 Å². The fraction of sp³-hybridized carbons (Fsp3) is 0. The first-order valence-corrected chi connectivity index (χ1v) is 19.4. The minimum Gasteiger partial charge on any atom is -0.0616 e. The van der Waals surface area contributed by atoms with Gasteiger partial charge in [0.25, 0.3) is 0 Å². The SMILES string of the molecule is c1cc(-c2cccc(-c3ccc4ccccc4c3)c2)cc(-c2cccc(-c3c4ccccc4c(-c4cc5ccccc5c5ccccc45)c4ccccc34)c2)c1. The van der Waals surface area contributed by atoms with Crippen LogP contribution in [0.1, 0.15) is 0 Å². The lowest BCUT2D eigenvalue weighted by Crippen LogP contribution is -1.92.